The minimum Gasteiger partial charge on any atom is -0.337 e. The Morgan fingerprint density at radius 2 is 1.85 bits per heavy atom. The summed E-state index contributed by atoms with van der Waals surface area (Å²) in [4.78, 5) is 0. The molecular weight excluding hydrogens is 316 g/mol. The summed E-state index contributed by atoms with van der Waals surface area (Å²) in [7, 11) is 0. The van der Waals surface area contributed by atoms with Crippen LogP contribution in [0.1, 0.15) is 48.2 Å². The first kappa shape index (κ1) is 15.9. The molecule has 26 heavy (non-hydrogen) atoms. The van der Waals surface area contributed by atoms with Crippen LogP contribution in [-0.4, -0.2) is 17.7 Å². The highest BCUT2D eigenvalue weighted by Gasteiger charge is 2.23. The smallest absolute Gasteiger partial charge is 0.0560 e. The number of hydrogen-bond donors (Lipinski definition) is 1. The van der Waals surface area contributed by atoms with Crippen molar-refractivity contribution in [1.29, 1.82) is 0 Å². The number of aryl methyl sites for hydroxylation is 1. The average molecular weight is 342 g/mol. The number of nitrogens with one attached hydrogen (secondary N) is 1. The molecule has 0 fully saturated rings. The van der Waals surface area contributed by atoms with Crippen molar-refractivity contribution in [2.24, 2.45) is 0 Å². The molecule has 1 aliphatic carbocycles. The molecule has 2 heteroatoms. The molecule has 0 unspecified atom stereocenters. The second kappa shape index (κ2) is 6.44. The van der Waals surface area contributed by atoms with E-state index in [1.54, 1.807) is 11.3 Å². The van der Waals surface area contributed by atoms with Gasteiger partial charge in [0, 0.05) is 29.7 Å². The van der Waals surface area contributed by atoms with Gasteiger partial charge in [-0.2, -0.15) is 0 Å². The Kier molecular flexibility index (Phi) is 3.94. The van der Waals surface area contributed by atoms with E-state index in [9.17, 15) is 0 Å². The Bertz CT molecular complexity index is 978. The number of hydrogen-bond acceptors (Lipinski definition) is 1. The molecule has 0 spiro atoms. The second-order valence-corrected chi connectivity index (χ2v) is 7.68. The van der Waals surface area contributed by atoms with Gasteiger partial charge in [-0.25, -0.2) is 0 Å². The first-order valence-electron chi connectivity index (χ1n) is 9.93. The molecule has 0 bridgehead atoms. The van der Waals surface area contributed by atoms with Crippen LogP contribution in [-0.2, 0) is 12.8 Å². The van der Waals surface area contributed by atoms with Gasteiger partial charge in [-0.05, 0) is 67.0 Å². The highest BCUT2D eigenvalue weighted by molar-refractivity contribution is 5.90. The summed E-state index contributed by atoms with van der Waals surface area (Å²) in [5.74, 6) is 0. The Balaban J connectivity index is 1.70. The molecule has 1 N–H and O–H groups in total. The first-order chi connectivity index (χ1) is 12.8. The number of aromatic nitrogens is 1. The zero-order valence-electron chi connectivity index (χ0n) is 15.5. The molecule has 0 saturated heterocycles. The quantitative estimate of drug-likeness (QED) is 0.699. The van der Waals surface area contributed by atoms with E-state index in [4.69, 9.17) is 0 Å². The predicted octanol–water partition coefficient (Wildman–Crippen LogP) is 5.12. The van der Waals surface area contributed by atoms with E-state index in [2.05, 4.69) is 71.4 Å². The molecule has 0 amide bonds. The van der Waals surface area contributed by atoms with E-state index in [1.165, 1.54) is 53.3 Å². The van der Waals surface area contributed by atoms with Crippen molar-refractivity contribution < 1.29 is 0 Å². The monoisotopic (exact) mass is 342 g/mol. The van der Waals surface area contributed by atoms with E-state index in [0.29, 0.717) is 6.04 Å². The highest BCUT2D eigenvalue weighted by atomic mass is 15.0. The topological polar surface area (TPSA) is 17.0 Å². The summed E-state index contributed by atoms with van der Waals surface area (Å²) >= 11 is 0. The number of rotatable bonds is 3. The molecule has 2 aromatic carbocycles. The van der Waals surface area contributed by atoms with Crippen LogP contribution in [0.5, 0.6) is 0 Å². The lowest BCUT2D eigenvalue weighted by molar-refractivity contribution is 0.584. The van der Waals surface area contributed by atoms with Crippen LogP contribution >= 0.6 is 0 Å². The van der Waals surface area contributed by atoms with Gasteiger partial charge >= 0.3 is 0 Å². The van der Waals surface area contributed by atoms with E-state index >= 15 is 0 Å². The lowest BCUT2D eigenvalue weighted by atomic mass is 9.94. The van der Waals surface area contributed by atoms with Gasteiger partial charge < -0.3 is 9.88 Å². The molecule has 5 rings (SSSR count). The van der Waals surface area contributed by atoms with Crippen molar-refractivity contribution in [2.45, 2.75) is 38.6 Å². The van der Waals surface area contributed by atoms with Crippen molar-refractivity contribution >= 4 is 16.5 Å². The lowest BCUT2D eigenvalue weighted by Crippen LogP contribution is -2.13. The summed E-state index contributed by atoms with van der Waals surface area (Å²) in [6.07, 6.45) is 7.39. The number of benzene rings is 2. The molecule has 0 radical (unpaired) electrons. The molecule has 1 atom stereocenters. The fourth-order valence-corrected chi connectivity index (χ4v) is 4.80. The average Bonchev–Trinajstić information content (AvgIpc) is 3.34. The van der Waals surface area contributed by atoms with Gasteiger partial charge in [0.2, 0.25) is 0 Å². The molecule has 2 aliphatic rings. The summed E-state index contributed by atoms with van der Waals surface area (Å²) in [6.45, 7) is 4.34. The minimum atomic E-state index is 0.374. The predicted molar refractivity (Wildman–Crippen MR) is 110 cm³/mol. The van der Waals surface area contributed by atoms with E-state index in [1.807, 2.05) is 0 Å². The standard InChI is InChI=1S/C24H26N2/c1-17(18-7-3-2-4-8-18)26-23-10-6-5-9-21(23)22-15-19(11-12-24(22)26)20-13-14-25-16-20/h2-4,7-8,11-13,15,17,25H,5-6,9-10,14,16H2,1H3/t17-/m1/s1. The molecule has 0 saturated carbocycles. The van der Waals surface area contributed by atoms with Crippen LogP contribution in [0.3, 0.4) is 0 Å². The Morgan fingerprint density at radius 3 is 2.65 bits per heavy atom. The molecule has 1 aromatic heterocycles. The maximum absolute atomic E-state index is 3.43. The Hall–Kier alpha value is -2.32. The van der Waals surface area contributed by atoms with Gasteiger partial charge in [-0.3, -0.25) is 0 Å². The van der Waals surface area contributed by atoms with Gasteiger partial charge in [-0.15, -0.1) is 0 Å². The molecule has 2 nitrogen and oxygen atoms in total. The third-order valence-corrected chi connectivity index (χ3v) is 6.16. The minimum absolute atomic E-state index is 0.374. The maximum atomic E-state index is 3.43. The van der Waals surface area contributed by atoms with Gasteiger partial charge in [0.25, 0.3) is 0 Å². The van der Waals surface area contributed by atoms with Crippen molar-refractivity contribution in [3.05, 3.63) is 77.0 Å². The third kappa shape index (κ3) is 2.52. The Labute approximate surface area is 155 Å². The molecule has 1 aliphatic heterocycles. The zero-order valence-corrected chi connectivity index (χ0v) is 15.5. The van der Waals surface area contributed by atoms with Crippen molar-refractivity contribution in [3.63, 3.8) is 0 Å². The summed E-state index contributed by atoms with van der Waals surface area (Å²) in [6, 6.07) is 18.4. The normalized spacial score (nSPS) is 18.0. The summed E-state index contributed by atoms with van der Waals surface area (Å²) in [5.41, 5.74) is 8.80. The molecule has 132 valence electrons. The van der Waals surface area contributed by atoms with Crippen molar-refractivity contribution in [1.82, 2.24) is 9.88 Å². The van der Waals surface area contributed by atoms with Gasteiger partial charge in [-0.1, -0.05) is 42.5 Å². The molecule has 2 heterocycles. The molecular formula is C24H26N2. The van der Waals surface area contributed by atoms with Gasteiger partial charge in [0.15, 0.2) is 0 Å². The second-order valence-electron chi connectivity index (χ2n) is 7.68. The highest BCUT2D eigenvalue weighted by Crippen LogP contribution is 2.37. The van der Waals surface area contributed by atoms with Crippen molar-refractivity contribution in [2.75, 3.05) is 13.1 Å². The van der Waals surface area contributed by atoms with E-state index in [0.717, 1.165) is 13.1 Å². The first-order valence-corrected chi connectivity index (χ1v) is 9.93. The van der Waals surface area contributed by atoms with E-state index < -0.39 is 0 Å². The van der Waals surface area contributed by atoms with Crippen LogP contribution in [0.4, 0.5) is 0 Å². The SMILES string of the molecule is C[C@H](c1ccccc1)n1c2c(c3cc(C4=CCNC4)ccc31)CCCC2. The largest absolute Gasteiger partial charge is 0.337 e. The number of fused-ring (bicyclic) bond motifs is 3. The fraction of sp³-hybridized carbons (Fsp3) is 0.333. The zero-order chi connectivity index (χ0) is 17.5. The van der Waals surface area contributed by atoms with E-state index in [-0.39, 0.29) is 0 Å². The molecule has 3 aromatic rings. The van der Waals surface area contributed by atoms with Crippen LogP contribution in [0, 0.1) is 0 Å². The number of nitrogens with zero attached hydrogens (tertiary/aromatic N) is 1. The Morgan fingerprint density at radius 1 is 1.00 bits per heavy atom. The van der Waals surface area contributed by atoms with Crippen LogP contribution in [0.25, 0.3) is 16.5 Å². The maximum Gasteiger partial charge on any atom is 0.0560 e. The van der Waals surface area contributed by atoms with Gasteiger partial charge in [0.1, 0.15) is 0 Å². The van der Waals surface area contributed by atoms with Crippen LogP contribution in [0.2, 0.25) is 0 Å². The van der Waals surface area contributed by atoms with Crippen molar-refractivity contribution in [3.8, 4) is 0 Å². The lowest BCUT2D eigenvalue weighted by Gasteiger charge is -2.22. The van der Waals surface area contributed by atoms with Crippen LogP contribution in [0.15, 0.2) is 54.6 Å². The summed E-state index contributed by atoms with van der Waals surface area (Å²) in [5, 5.41) is 4.91. The van der Waals surface area contributed by atoms with Gasteiger partial charge in [0.05, 0.1) is 6.04 Å². The third-order valence-electron chi connectivity index (χ3n) is 6.16. The fourth-order valence-electron chi connectivity index (χ4n) is 4.80. The summed E-state index contributed by atoms with van der Waals surface area (Å²) < 4.78 is 2.62. The van der Waals surface area contributed by atoms with Crippen LogP contribution < -0.4 is 5.32 Å².